The molecule has 3 N–H and O–H groups in total. The van der Waals surface area contributed by atoms with E-state index in [2.05, 4.69) is 5.32 Å². The number of alkyl halides is 3. The van der Waals surface area contributed by atoms with Crippen molar-refractivity contribution in [2.24, 2.45) is 11.7 Å². The van der Waals surface area contributed by atoms with Gasteiger partial charge in [0, 0.05) is 25.6 Å². The van der Waals surface area contributed by atoms with Crippen LogP contribution in [0.5, 0.6) is 0 Å². The average Bonchev–Trinajstić information content (AvgIpc) is 3.36. The molecule has 0 spiro atoms. The number of nitrogens with zero attached hydrogens (tertiary/aromatic N) is 1. The summed E-state index contributed by atoms with van der Waals surface area (Å²) < 4.78 is 77.7. The Hall–Kier alpha value is -2.67. The number of benzene rings is 2. The molecule has 1 unspecified atom stereocenters. The van der Waals surface area contributed by atoms with Gasteiger partial charge in [0.2, 0.25) is 10.0 Å². The number of sulfonamides is 1. The summed E-state index contributed by atoms with van der Waals surface area (Å²) in [5.41, 5.74) is 6.44. The van der Waals surface area contributed by atoms with Crippen LogP contribution in [0.15, 0.2) is 59.5 Å². The van der Waals surface area contributed by atoms with Gasteiger partial charge in [0.15, 0.2) is 0 Å². The van der Waals surface area contributed by atoms with Crippen LogP contribution in [0.4, 0.5) is 18.0 Å². The Balaban J connectivity index is 1.82. The summed E-state index contributed by atoms with van der Waals surface area (Å²) >= 11 is 0. The molecule has 1 fully saturated rings. The van der Waals surface area contributed by atoms with Crippen molar-refractivity contribution in [3.05, 3.63) is 65.7 Å². The predicted molar refractivity (Wildman–Crippen MR) is 136 cm³/mol. The maximum atomic E-state index is 13.5. The van der Waals surface area contributed by atoms with E-state index in [0.29, 0.717) is 26.1 Å². The van der Waals surface area contributed by atoms with Crippen molar-refractivity contribution in [2.75, 3.05) is 26.3 Å². The molecule has 210 valence electrons. The lowest BCUT2D eigenvalue weighted by Gasteiger charge is -2.31. The monoisotopic (exact) mass is 557 g/mol. The number of hydrogen-bond donors (Lipinski definition) is 2. The second kappa shape index (κ2) is 12.9. The smallest absolute Gasteiger partial charge is 0.416 e. The van der Waals surface area contributed by atoms with Crippen LogP contribution in [0.1, 0.15) is 31.4 Å². The fraction of sp³-hybridized carbons (Fsp3) is 0.500. The first-order valence-corrected chi connectivity index (χ1v) is 13.8. The number of carbonyl (C=O) groups is 1. The van der Waals surface area contributed by atoms with Gasteiger partial charge in [-0.25, -0.2) is 13.2 Å². The lowest BCUT2D eigenvalue weighted by molar-refractivity contribution is -0.137. The first kappa shape index (κ1) is 29.9. The molecule has 12 heteroatoms. The molecule has 3 rings (SSSR count). The van der Waals surface area contributed by atoms with Crippen LogP contribution < -0.4 is 11.1 Å². The summed E-state index contributed by atoms with van der Waals surface area (Å²) in [7, 11) is -4.18. The number of rotatable bonds is 11. The van der Waals surface area contributed by atoms with Crippen molar-refractivity contribution in [1.29, 1.82) is 0 Å². The van der Waals surface area contributed by atoms with Gasteiger partial charge in [0.05, 0.1) is 29.7 Å². The largest absolute Gasteiger partial charge is 0.444 e. The first-order chi connectivity index (χ1) is 17.9. The standard InChI is InChI=1S/C26H34F3N3O5S/c1-18(2)15-32(38(34,35)22-10-8-20(9-11-22)26(27,28)29)16-23(30)24(14-19-6-4-3-5-7-19)31-25(33)37-21-12-13-36-17-21/h3-11,18,21,23-24H,12-17,30H2,1-2H3,(H,31,33)/t21?,23-,24+/m1/s1. The quantitative estimate of drug-likeness (QED) is 0.435. The average molecular weight is 558 g/mol. The molecule has 0 radical (unpaired) electrons. The fourth-order valence-electron chi connectivity index (χ4n) is 4.13. The highest BCUT2D eigenvalue weighted by Gasteiger charge is 2.34. The zero-order valence-corrected chi connectivity index (χ0v) is 22.2. The summed E-state index contributed by atoms with van der Waals surface area (Å²) in [4.78, 5) is 12.4. The molecule has 0 saturated carbocycles. The number of ether oxygens (including phenoxy) is 2. The van der Waals surface area contributed by atoms with E-state index in [1.165, 1.54) is 0 Å². The Morgan fingerprint density at radius 2 is 1.79 bits per heavy atom. The number of halogens is 3. The van der Waals surface area contributed by atoms with Gasteiger partial charge in [-0.15, -0.1) is 0 Å². The predicted octanol–water partition coefficient (Wildman–Crippen LogP) is 3.81. The molecule has 8 nitrogen and oxygen atoms in total. The third-order valence-electron chi connectivity index (χ3n) is 6.08. The Kier molecular flexibility index (Phi) is 10.2. The van der Waals surface area contributed by atoms with Gasteiger partial charge in [0.25, 0.3) is 0 Å². The van der Waals surface area contributed by atoms with E-state index in [4.69, 9.17) is 15.2 Å². The van der Waals surface area contributed by atoms with E-state index < -0.39 is 39.9 Å². The molecule has 0 bridgehead atoms. The summed E-state index contributed by atoms with van der Waals surface area (Å²) in [6, 6.07) is 11.1. The topological polar surface area (TPSA) is 111 Å². The summed E-state index contributed by atoms with van der Waals surface area (Å²) in [5.74, 6) is -0.0979. The van der Waals surface area contributed by atoms with Crippen LogP contribution in [0.25, 0.3) is 0 Å². The highest BCUT2D eigenvalue weighted by atomic mass is 32.2. The summed E-state index contributed by atoms with van der Waals surface area (Å²) in [6.07, 6.45) is -4.75. The molecule has 3 atom stereocenters. The Morgan fingerprint density at radius 1 is 1.13 bits per heavy atom. The van der Waals surface area contributed by atoms with Crippen LogP contribution in [0, 0.1) is 5.92 Å². The van der Waals surface area contributed by atoms with E-state index in [1.807, 2.05) is 44.2 Å². The van der Waals surface area contributed by atoms with Gasteiger partial charge in [-0.3, -0.25) is 0 Å². The van der Waals surface area contributed by atoms with E-state index in [-0.39, 0.29) is 30.0 Å². The van der Waals surface area contributed by atoms with Crippen molar-refractivity contribution in [3.63, 3.8) is 0 Å². The van der Waals surface area contributed by atoms with E-state index in [0.717, 1.165) is 34.1 Å². The maximum Gasteiger partial charge on any atom is 0.416 e. The SMILES string of the molecule is CC(C)CN(C[C@@H](N)[C@H](Cc1ccccc1)NC(=O)OC1CCOC1)S(=O)(=O)c1ccc(C(F)(F)F)cc1. The van der Waals surface area contributed by atoms with Gasteiger partial charge >= 0.3 is 12.3 Å². The zero-order valence-electron chi connectivity index (χ0n) is 21.4. The first-order valence-electron chi connectivity index (χ1n) is 12.4. The highest BCUT2D eigenvalue weighted by molar-refractivity contribution is 7.89. The highest BCUT2D eigenvalue weighted by Crippen LogP contribution is 2.30. The maximum absolute atomic E-state index is 13.5. The molecule has 2 aromatic carbocycles. The number of nitrogens with two attached hydrogens (primary N) is 1. The molecule has 0 aromatic heterocycles. The van der Waals surface area contributed by atoms with Gasteiger partial charge < -0.3 is 20.5 Å². The lowest BCUT2D eigenvalue weighted by Crippen LogP contribution is -2.55. The number of alkyl carbamates (subject to hydrolysis) is 1. The molecular formula is C26H34F3N3O5S. The minimum absolute atomic E-state index is 0.0823. The van der Waals surface area contributed by atoms with Crippen molar-refractivity contribution in [2.45, 2.75) is 55.9 Å². The molecule has 1 amide bonds. The van der Waals surface area contributed by atoms with Gasteiger partial charge in [-0.05, 0) is 42.2 Å². The Bertz CT molecular complexity index is 1140. The van der Waals surface area contributed by atoms with Crippen molar-refractivity contribution in [1.82, 2.24) is 9.62 Å². The summed E-state index contributed by atoms with van der Waals surface area (Å²) in [5, 5.41) is 2.78. The second-order valence-corrected chi connectivity index (χ2v) is 11.7. The molecule has 2 aromatic rings. The third kappa shape index (κ3) is 8.42. The van der Waals surface area contributed by atoms with Crippen LogP contribution in [0.3, 0.4) is 0 Å². The zero-order chi connectivity index (χ0) is 27.9. The number of amides is 1. The lowest BCUT2D eigenvalue weighted by atomic mass is 9.99. The van der Waals surface area contributed by atoms with Crippen molar-refractivity contribution >= 4 is 16.1 Å². The minimum atomic E-state index is -4.59. The third-order valence-corrected chi connectivity index (χ3v) is 7.93. The normalized spacial score (nSPS) is 17.9. The van der Waals surface area contributed by atoms with Crippen molar-refractivity contribution in [3.8, 4) is 0 Å². The Morgan fingerprint density at radius 3 is 2.34 bits per heavy atom. The molecule has 1 saturated heterocycles. The minimum Gasteiger partial charge on any atom is -0.444 e. The van der Waals surface area contributed by atoms with Crippen LogP contribution >= 0.6 is 0 Å². The van der Waals surface area contributed by atoms with E-state index in [9.17, 15) is 26.4 Å². The molecular weight excluding hydrogens is 523 g/mol. The number of nitrogens with one attached hydrogen (secondary N) is 1. The van der Waals surface area contributed by atoms with E-state index in [1.54, 1.807) is 0 Å². The molecule has 1 heterocycles. The van der Waals surface area contributed by atoms with Gasteiger partial charge in [-0.2, -0.15) is 17.5 Å². The van der Waals surface area contributed by atoms with Crippen LogP contribution in [0.2, 0.25) is 0 Å². The van der Waals surface area contributed by atoms with Gasteiger partial charge in [0.1, 0.15) is 6.10 Å². The van der Waals surface area contributed by atoms with Crippen LogP contribution in [-0.4, -0.2) is 63.3 Å². The number of carbonyl (C=O) groups excluding carboxylic acids is 1. The molecule has 38 heavy (non-hydrogen) atoms. The molecule has 1 aliphatic heterocycles. The van der Waals surface area contributed by atoms with Crippen LogP contribution in [-0.2, 0) is 32.1 Å². The fourth-order valence-corrected chi connectivity index (χ4v) is 5.77. The van der Waals surface area contributed by atoms with Crippen molar-refractivity contribution < 1.29 is 35.9 Å². The summed E-state index contributed by atoms with van der Waals surface area (Å²) in [6.45, 7) is 4.35. The van der Waals surface area contributed by atoms with Gasteiger partial charge in [-0.1, -0.05) is 44.2 Å². The molecule has 1 aliphatic rings. The van der Waals surface area contributed by atoms with E-state index >= 15 is 0 Å². The Labute approximate surface area is 221 Å². The molecule has 0 aliphatic carbocycles. The second-order valence-electron chi connectivity index (χ2n) is 9.73. The number of hydrogen-bond acceptors (Lipinski definition) is 6.